The topological polar surface area (TPSA) is 79.2 Å². The van der Waals surface area contributed by atoms with Crippen LogP contribution in [0.1, 0.15) is 6.42 Å². The summed E-state index contributed by atoms with van der Waals surface area (Å²) >= 11 is 0. The van der Waals surface area contributed by atoms with Crippen molar-refractivity contribution in [2.75, 3.05) is 18.5 Å². The van der Waals surface area contributed by atoms with E-state index in [4.69, 9.17) is 5.11 Å². The van der Waals surface area contributed by atoms with Crippen LogP contribution in [-0.4, -0.2) is 39.6 Å². The molecule has 2 rings (SSSR count). The van der Waals surface area contributed by atoms with Crippen molar-refractivity contribution < 1.29 is 9.90 Å². The number of hydrogen-bond donors (Lipinski definition) is 1. The fraction of sp³-hybridized carbons (Fsp3) is 0.231. The van der Waals surface area contributed by atoms with Gasteiger partial charge in [0.25, 0.3) is 0 Å². The van der Waals surface area contributed by atoms with Crippen LogP contribution < -0.4 is 4.90 Å². The maximum Gasteiger partial charge on any atom is 0.305 e. The van der Waals surface area contributed by atoms with Crippen molar-refractivity contribution in [2.45, 2.75) is 6.42 Å². The zero-order chi connectivity index (χ0) is 13.7. The first kappa shape index (κ1) is 12.9. The lowest BCUT2D eigenvalue weighted by Gasteiger charge is -2.16. The van der Waals surface area contributed by atoms with Crippen LogP contribution >= 0.6 is 0 Å². The Morgan fingerprint density at radius 2 is 2.00 bits per heavy atom. The van der Waals surface area contributed by atoms with E-state index < -0.39 is 5.97 Å². The Morgan fingerprint density at radius 3 is 2.68 bits per heavy atom. The number of pyridine rings is 1. The van der Waals surface area contributed by atoms with E-state index >= 15 is 0 Å². The molecule has 2 aromatic heterocycles. The van der Waals surface area contributed by atoms with E-state index in [1.54, 1.807) is 30.5 Å². The average Bonchev–Trinajstić information content (AvgIpc) is 2.46. The zero-order valence-electron chi connectivity index (χ0n) is 10.5. The quantitative estimate of drug-likeness (QED) is 0.874. The summed E-state index contributed by atoms with van der Waals surface area (Å²) in [5.41, 5.74) is 1.74. The Labute approximate surface area is 110 Å². The molecule has 0 radical (unpaired) electrons. The number of carboxylic acid groups (broad SMARTS) is 1. The summed E-state index contributed by atoms with van der Waals surface area (Å²) < 4.78 is 0. The molecule has 0 fully saturated rings. The SMILES string of the molecule is CN(CCC(=O)O)c1nccc(-c2ccncc2)n1. The molecule has 6 nitrogen and oxygen atoms in total. The van der Waals surface area contributed by atoms with Crippen molar-refractivity contribution in [1.29, 1.82) is 0 Å². The van der Waals surface area contributed by atoms with E-state index in [-0.39, 0.29) is 6.42 Å². The first-order chi connectivity index (χ1) is 9.16. The Morgan fingerprint density at radius 1 is 1.26 bits per heavy atom. The second-order valence-electron chi connectivity index (χ2n) is 4.04. The van der Waals surface area contributed by atoms with Gasteiger partial charge >= 0.3 is 5.97 Å². The highest BCUT2D eigenvalue weighted by molar-refractivity contribution is 5.67. The predicted octanol–water partition coefficient (Wildman–Crippen LogP) is 1.45. The van der Waals surface area contributed by atoms with Crippen LogP contribution in [0.3, 0.4) is 0 Å². The lowest BCUT2D eigenvalue weighted by molar-refractivity contribution is -0.136. The molecule has 2 aromatic rings. The van der Waals surface area contributed by atoms with Gasteiger partial charge in [0.2, 0.25) is 5.95 Å². The lowest BCUT2D eigenvalue weighted by Crippen LogP contribution is -2.23. The van der Waals surface area contributed by atoms with Gasteiger partial charge in [0.15, 0.2) is 0 Å². The maximum absolute atomic E-state index is 10.5. The summed E-state index contributed by atoms with van der Waals surface area (Å²) in [5.74, 6) is -0.326. The van der Waals surface area contributed by atoms with E-state index in [9.17, 15) is 4.79 Å². The van der Waals surface area contributed by atoms with Gasteiger partial charge in [0.05, 0.1) is 12.1 Å². The number of rotatable bonds is 5. The molecule has 0 aromatic carbocycles. The summed E-state index contributed by atoms with van der Waals surface area (Å²) in [7, 11) is 1.77. The molecule has 98 valence electrons. The van der Waals surface area contributed by atoms with Crippen molar-refractivity contribution in [3.63, 3.8) is 0 Å². The number of aromatic nitrogens is 3. The summed E-state index contributed by atoms with van der Waals surface area (Å²) in [5, 5.41) is 8.67. The van der Waals surface area contributed by atoms with E-state index in [1.807, 2.05) is 18.2 Å². The van der Waals surface area contributed by atoms with Crippen LogP contribution in [0.15, 0.2) is 36.8 Å². The molecule has 0 aliphatic carbocycles. The second-order valence-corrected chi connectivity index (χ2v) is 4.04. The highest BCUT2D eigenvalue weighted by Crippen LogP contribution is 2.17. The number of hydrogen-bond acceptors (Lipinski definition) is 5. The number of aliphatic carboxylic acids is 1. The van der Waals surface area contributed by atoms with Crippen LogP contribution in [-0.2, 0) is 4.79 Å². The van der Waals surface area contributed by atoms with Gasteiger partial charge in [-0.05, 0) is 18.2 Å². The molecule has 0 atom stereocenters. The third-order valence-corrected chi connectivity index (χ3v) is 2.62. The maximum atomic E-state index is 10.5. The van der Waals surface area contributed by atoms with Crippen molar-refractivity contribution in [1.82, 2.24) is 15.0 Å². The van der Waals surface area contributed by atoms with Crippen LogP contribution in [0.2, 0.25) is 0 Å². The van der Waals surface area contributed by atoms with Crippen molar-refractivity contribution >= 4 is 11.9 Å². The fourth-order valence-corrected chi connectivity index (χ4v) is 1.58. The molecule has 0 saturated heterocycles. The zero-order valence-corrected chi connectivity index (χ0v) is 10.5. The number of carboxylic acids is 1. The molecule has 6 heteroatoms. The van der Waals surface area contributed by atoms with Gasteiger partial charge in [-0.25, -0.2) is 9.97 Å². The third kappa shape index (κ3) is 3.48. The van der Waals surface area contributed by atoms with Gasteiger partial charge in [-0.2, -0.15) is 0 Å². The standard InChI is InChI=1S/C13H14N4O2/c1-17(9-5-12(18)19)13-15-8-4-11(16-13)10-2-6-14-7-3-10/h2-4,6-8H,5,9H2,1H3,(H,18,19). The van der Waals surface area contributed by atoms with Crippen LogP contribution in [0.5, 0.6) is 0 Å². The van der Waals surface area contributed by atoms with Gasteiger partial charge in [-0.3, -0.25) is 9.78 Å². The average molecular weight is 258 g/mol. The van der Waals surface area contributed by atoms with Crippen molar-refractivity contribution in [3.05, 3.63) is 36.8 Å². The van der Waals surface area contributed by atoms with Crippen LogP contribution in [0.25, 0.3) is 11.3 Å². The predicted molar refractivity (Wildman–Crippen MR) is 70.8 cm³/mol. The summed E-state index contributed by atoms with van der Waals surface area (Å²) in [6, 6.07) is 5.54. The molecule has 0 bridgehead atoms. The largest absolute Gasteiger partial charge is 0.481 e. The van der Waals surface area contributed by atoms with E-state index in [0.717, 1.165) is 11.3 Å². The molecular weight excluding hydrogens is 244 g/mol. The molecule has 0 unspecified atom stereocenters. The molecule has 0 aliphatic rings. The number of carbonyl (C=O) groups is 1. The summed E-state index contributed by atoms with van der Waals surface area (Å²) in [6.45, 7) is 0.370. The molecule has 0 aliphatic heterocycles. The first-order valence-corrected chi connectivity index (χ1v) is 5.83. The minimum absolute atomic E-state index is 0.0549. The molecule has 0 spiro atoms. The normalized spacial score (nSPS) is 10.2. The van der Waals surface area contributed by atoms with Gasteiger partial charge < -0.3 is 10.0 Å². The second kappa shape index (κ2) is 5.90. The molecular formula is C13H14N4O2. The van der Waals surface area contributed by atoms with Crippen molar-refractivity contribution in [3.8, 4) is 11.3 Å². The van der Waals surface area contributed by atoms with E-state index in [1.165, 1.54) is 0 Å². The van der Waals surface area contributed by atoms with Gasteiger partial charge in [-0.15, -0.1) is 0 Å². The molecule has 2 heterocycles. The fourth-order valence-electron chi connectivity index (χ4n) is 1.58. The van der Waals surface area contributed by atoms with E-state index in [0.29, 0.717) is 12.5 Å². The number of nitrogens with zero attached hydrogens (tertiary/aromatic N) is 4. The smallest absolute Gasteiger partial charge is 0.305 e. The lowest BCUT2D eigenvalue weighted by atomic mass is 10.2. The minimum Gasteiger partial charge on any atom is -0.481 e. The molecule has 1 N–H and O–H groups in total. The van der Waals surface area contributed by atoms with Crippen LogP contribution in [0.4, 0.5) is 5.95 Å². The van der Waals surface area contributed by atoms with Crippen LogP contribution in [0, 0.1) is 0 Å². The third-order valence-electron chi connectivity index (χ3n) is 2.62. The Balaban J connectivity index is 2.17. The Kier molecular flexibility index (Phi) is 4.02. The molecule has 0 amide bonds. The van der Waals surface area contributed by atoms with E-state index in [2.05, 4.69) is 15.0 Å². The molecule has 19 heavy (non-hydrogen) atoms. The monoisotopic (exact) mass is 258 g/mol. The Hall–Kier alpha value is -2.50. The van der Waals surface area contributed by atoms with Gasteiger partial charge in [0.1, 0.15) is 0 Å². The van der Waals surface area contributed by atoms with Crippen molar-refractivity contribution in [2.24, 2.45) is 0 Å². The first-order valence-electron chi connectivity index (χ1n) is 5.83. The van der Waals surface area contributed by atoms with Gasteiger partial charge in [0, 0.05) is 37.7 Å². The summed E-state index contributed by atoms with van der Waals surface area (Å²) in [4.78, 5) is 24.8. The molecule has 0 saturated carbocycles. The summed E-state index contributed by atoms with van der Waals surface area (Å²) in [6.07, 6.45) is 5.12. The highest BCUT2D eigenvalue weighted by atomic mass is 16.4. The number of anilines is 1. The highest BCUT2D eigenvalue weighted by Gasteiger charge is 2.08. The van der Waals surface area contributed by atoms with Gasteiger partial charge in [-0.1, -0.05) is 0 Å². The minimum atomic E-state index is -0.836. The Bertz CT molecular complexity index is 560.